The smallest absolute Gasteiger partial charge is 0.00102 e. The highest BCUT2D eigenvalue weighted by Gasteiger charge is 2.08. The molecule has 0 rings (SSSR count). The van der Waals surface area contributed by atoms with Crippen LogP contribution >= 0.6 is 0 Å². The van der Waals surface area contributed by atoms with Crippen LogP contribution in [0.25, 0.3) is 0 Å². The van der Waals surface area contributed by atoms with Gasteiger partial charge in [-0.1, -0.05) is 104 Å². The summed E-state index contributed by atoms with van der Waals surface area (Å²) in [6.45, 7) is 4.54. The molecule has 0 aromatic rings. The zero-order valence-electron chi connectivity index (χ0n) is 16.6. The van der Waals surface area contributed by atoms with E-state index in [2.05, 4.69) is 20.1 Å². The molecule has 0 aliphatic heterocycles. The topological polar surface area (TPSA) is 17.1 Å². The Hall–Kier alpha value is 0.150. The van der Waals surface area contributed by atoms with E-state index < -0.39 is 9.93 Å². The fraction of sp³-hybridized carbons (Fsp3) is 1.00. The summed E-state index contributed by atoms with van der Waals surface area (Å²) in [6.07, 6.45) is 23.5. The Balaban J connectivity index is 3.35. The zero-order valence-corrected chi connectivity index (χ0v) is 17.5. The van der Waals surface area contributed by atoms with E-state index in [1.54, 1.807) is 0 Å². The van der Waals surface area contributed by atoms with Crippen molar-refractivity contribution >= 4 is 9.93 Å². The average Bonchev–Trinajstić information content (AvgIpc) is 2.52. The molecule has 2 heteroatoms. The number of rotatable bonds is 18. The maximum Gasteiger partial charge on any atom is 0.00102 e. The van der Waals surface area contributed by atoms with Crippen molar-refractivity contribution < 1.29 is 4.21 Å². The monoisotopic (exact) mass is 346 g/mol. The van der Waals surface area contributed by atoms with Gasteiger partial charge in [-0.3, -0.25) is 4.21 Å². The maximum atomic E-state index is 12.6. The quantitative estimate of drug-likeness (QED) is 0.211. The number of hydrogen-bond donors (Lipinski definition) is 1. The molecular formula is C21H46OS. The summed E-state index contributed by atoms with van der Waals surface area (Å²) in [4.78, 5) is 0. The first-order valence-corrected chi connectivity index (χ1v) is 13.2. The molecule has 0 bridgehead atoms. The second-order valence-electron chi connectivity index (χ2n) is 7.69. The van der Waals surface area contributed by atoms with Crippen molar-refractivity contribution in [1.82, 2.24) is 0 Å². The standard InChI is InChI=1S/C21H46OS/c1-4-6-8-10-12-14-16-18-20-23(3,22)21-19-17-15-13-11-9-7-5-2/h23H,4-21H2,1-3H3. The van der Waals surface area contributed by atoms with Crippen molar-refractivity contribution in [3.8, 4) is 0 Å². The molecule has 0 heterocycles. The van der Waals surface area contributed by atoms with E-state index in [-0.39, 0.29) is 0 Å². The highest BCUT2D eigenvalue weighted by Crippen LogP contribution is 2.14. The lowest BCUT2D eigenvalue weighted by atomic mass is 10.1. The third-order valence-electron chi connectivity index (χ3n) is 4.97. The lowest BCUT2D eigenvalue weighted by Gasteiger charge is -2.18. The molecular weight excluding hydrogens is 300 g/mol. The van der Waals surface area contributed by atoms with Crippen molar-refractivity contribution in [3.05, 3.63) is 0 Å². The minimum Gasteiger partial charge on any atom is -0.285 e. The molecule has 0 aromatic heterocycles. The van der Waals surface area contributed by atoms with E-state index >= 15 is 0 Å². The number of unbranched alkanes of at least 4 members (excludes halogenated alkanes) is 14. The van der Waals surface area contributed by atoms with Crippen LogP contribution in [0.3, 0.4) is 0 Å². The normalized spacial score (nSPS) is 12.7. The van der Waals surface area contributed by atoms with Crippen LogP contribution in [0.1, 0.15) is 117 Å². The molecule has 0 saturated carbocycles. The van der Waals surface area contributed by atoms with Crippen LogP contribution in [-0.4, -0.2) is 22.0 Å². The summed E-state index contributed by atoms with van der Waals surface area (Å²) in [7, 11) is -1.82. The second kappa shape index (κ2) is 17.0. The lowest BCUT2D eigenvalue weighted by molar-refractivity contribution is 0.580. The molecule has 0 spiro atoms. The van der Waals surface area contributed by atoms with E-state index in [4.69, 9.17) is 0 Å². The van der Waals surface area contributed by atoms with Gasteiger partial charge in [0, 0.05) is 11.5 Å². The molecule has 0 N–H and O–H groups in total. The van der Waals surface area contributed by atoms with Gasteiger partial charge in [0.1, 0.15) is 0 Å². The average molecular weight is 347 g/mol. The summed E-state index contributed by atoms with van der Waals surface area (Å²) in [5, 5.41) is 0. The summed E-state index contributed by atoms with van der Waals surface area (Å²) in [5.41, 5.74) is 0. The Morgan fingerprint density at radius 1 is 0.478 bits per heavy atom. The van der Waals surface area contributed by atoms with Crippen LogP contribution in [0, 0.1) is 0 Å². The molecule has 142 valence electrons. The van der Waals surface area contributed by atoms with Gasteiger partial charge < -0.3 is 0 Å². The molecule has 0 aliphatic rings. The minimum atomic E-state index is -1.82. The van der Waals surface area contributed by atoms with Crippen LogP contribution in [0.5, 0.6) is 0 Å². The number of hydrogen-bond acceptors (Lipinski definition) is 1. The predicted octanol–water partition coefficient (Wildman–Crippen LogP) is 6.91. The van der Waals surface area contributed by atoms with E-state index in [1.807, 2.05) is 0 Å². The van der Waals surface area contributed by atoms with Crippen LogP contribution in [-0.2, 0) is 9.93 Å². The highest BCUT2D eigenvalue weighted by molar-refractivity contribution is 8.02. The molecule has 0 aliphatic carbocycles. The first-order valence-electron chi connectivity index (χ1n) is 10.7. The molecule has 23 heavy (non-hydrogen) atoms. The van der Waals surface area contributed by atoms with Gasteiger partial charge in [-0.2, -0.15) is 0 Å². The van der Waals surface area contributed by atoms with Gasteiger partial charge in [-0.25, -0.2) is 0 Å². The fourth-order valence-electron chi connectivity index (χ4n) is 3.27. The predicted molar refractivity (Wildman–Crippen MR) is 110 cm³/mol. The Morgan fingerprint density at radius 2 is 0.739 bits per heavy atom. The molecule has 0 fully saturated rings. The lowest BCUT2D eigenvalue weighted by Crippen LogP contribution is -2.19. The molecule has 1 nitrogen and oxygen atoms in total. The second-order valence-corrected chi connectivity index (χ2v) is 11.2. The van der Waals surface area contributed by atoms with Crippen molar-refractivity contribution in [2.75, 3.05) is 17.8 Å². The summed E-state index contributed by atoms with van der Waals surface area (Å²) in [5.74, 6) is 2.00. The molecule has 0 unspecified atom stereocenters. The first kappa shape index (κ1) is 23.1. The Kier molecular flexibility index (Phi) is 17.1. The largest absolute Gasteiger partial charge is 0.285 e. The Bertz CT molecular complexity index is 251. The van der Waals surface area contributed by atoms with Crippen molar-refractivity contribution in [2.45, 2.75) is 117 Å². The van der Waals surface area contributed by atoms with Crippen LogP contribution < -0.4 is 0 Å². The third-order valence-corrected chi connectivity index (χ3v) is 7.49. The molecule has 0 atom stereocenters. The molecule has 0 amide bonds. The number of thiol groups is 1. The molecule has 0 saturated heterocycles. The van der Waals surface area contributed by atoms with Gasteiger partial charge in [0.15, 0.2) is 0 Å². The third kappa shape index (κ3) is 18.3. The zero-order chi connectivity index (χ0) is 17.2. The summed E-state index contributed by atoms with van der Waals surface area (Å²) >= 11 is 0. The first-order chi connectivity index (χ1) is 11.1. The van der Waals surface area contributed by atoms with E-state index in [0.29, 0.717) is 0 Å². The molecule has 0 radical (unpaired) electrons. The van der Waals surface area contributed by atoms with Gasteiger partial charge in [0.2, 0.25) is 0 Å². The van der Waals surface area contributed by atoms with Crippen molar-refractivity contribution in [1.29, 1.82) is 0 Å². The van der Waals surface area contributed by atoms with Gasteiger partial charge in [-0.05, 0) is 19.1 Å². The van der Waals surface area contributed by atoms with Crippen LogP contribution in [0.15, 0.2) is 0 Å². The summed E-state index contributed by atoms with van der Waals surface area (Å²) < 4.78 is 12.6. The van der Waals surface area contributed by atoms with Gasteiger partial charge in [0.05, 0.1) is 0 Å². The van der Waals surface area contributed by atoms with Crippen LogP contribution in [0.4, 0.5) is 0 Å². The van der Waals surface area contributed by atoms with Crippen LogP contribution in [0.2, 0.25) is 0 Å². The Morgan fingerprint density at radius 3 is 1.04 bits per heavy atom. The van der Waals surface area contributed by atoms with Crippen molar-refractivity contribution in [2.24, 2.45) is 0 Å². The van der Waals surface area contributed by atoms with E-state index in [9.17, 15) is 4.21 Å². The van der Waals surface area contributed by atoms with E-state index in [0.717, 1.165) is 11.5 Å². The minimum absolute atomic E-state index is 0.998. The fourth-order valence-corrected chi connectivity index (χ4v) is 5.28. The summed E-state index contributed by atoms with van der Waals surface area (Å²) in [6, 6.07) is 0. The maximum absolute atomic E-state index is 12.6. The Labute approximate surface area is 148 Å². The SMILES string of the molecule is CCCCCCCCCC[SH](C)(=O)CCCCCCCCCC. The highest BCUT2D eigenvalue weighted by atomic mass is 32.2. The van der Waals surface area contributed by atoms with Gasteiger partial charge >= 0.3 is 0 Å². The van der Waals surface area contributed by atoms with E-state index in [1.165, 1.54) is 103 Å². The molecule has 0 aromatic carbocycles. The van der Waals surface area contributed by atoms with Gasteiger partial charge in [-0.15, -0.1) is 9.93 Å². The van der Waals surface area contributed by atoms with Crippen molar-refractivity contribution in [3.63, 3.8) is 0 Å². The van der Waals surface area contributed by atoms with Gasteiger partial charge in [0.25, 0.3) is 0 Å².